The SMILES string of the molecule is N#CC(=CNc1ccc2c(Cl)nccc2c1)c1nn[nH]n1. The van der Waals surface area contributed by atoms with Crippen molar-refractivity contribution in [3.05, 3.63) is 47.6 Å². The van der Waals surface area contributed by atoms with Gasteiger partial charge in [-0.1, -0.05) is 11.6 Å². The van der Waals surface area contributed by atoms with Crippen LogP contribution in [0.4, 0.5) is 5.69 Å². The average molecular weight is 298 g/mol. The van der Waals surface area contributed by atoms with Crippen LogP contribution in [-0.2, 0) is 0 Å². The predicted molar refractivity (Wildman–Crippen MR) is 78.1 cm³/mol. The monoisotopic (exact) mass is 297 g/mol. The first-order valence-electron chi connectivity index (χ1n) is 5.93. The minimum absolute atomic E-state index is 0.234. The molecule has 3 aromatic rings. The van der Waals surface area contributed by atoms with Gasteiger partial charge in [-0.25, -0.2) is 4.98 Å². The molecule has 0 fully saturated rings. The molecule has 7 nitrogen and oxygen atoms in total. The molecule has 3 rings (SSSR count). The lowest BCUT2D eigenvalue weighted by molar-refractivity contribution is 0.881. The molecule has 1 aromatic carbocycles. The average Bonchev–Trinajstić information content (AvgIpc) is 3.02. The summed E-state index contributed by atoms with van der Waals surface area (Å²) in [6.45, 7) is 0. The summed E-state index contributed by atoms with van der Waals surface area (Å²) in [5.41, 5.74) is 1.08. The molecule has 0 aliphatic rings. The topological polar surface area (TPSA) is 103 Å². The van der Waals surface area contributed by atoms with Crippen molar-refractivity contribution in [3.8, 4) is 6.07 Å². The highest BCUT2D eigenvalue weighted by atomic mass is 35.5. The Hall–Kier alpha value is -2.98. The van der Waals surface area contributed by atoms with Gasteiger partial charge < -0.3 is 5.32 Å². The van der Waals surface area contributed by atoms with Crippen LogP contribution in [0, 0.1) is 11.3 Å². The van der Waals surface area contributed by atoms with Crippen LogP contribution in [0.25, 0.3) is 16.3 Å². The summed E-state index contributed by atoms with van der Waals surface area (Å²) in [4.78, 5) is 4.02. The van der Waals surface area contributed by atoms with Crippen LogP contribution in [0.2, 0.25) is 5.15 Å². The van der Waals surface area contributed by atoms with Crippen LogP contribution in [0.1, 0.15) is 5.82 Å². The van der Waals surface area contributed by atoms with Crippen LogP contribution in [0.5, 0.6) is 0 Å². The lowest BCUT2D eigenvalue weighted by Crippen LogP contribution is -1.93. The van der Waals surface area contributed by atoms with Crippen LogP contribution < -0.4 is 5.32 Å². The zero-order valence-corrected chi connectivity index (χ0v) is 11.3. The number of H-pyrrole nitrogens is 1. The number of rotatable bonds is 3. The van der Waals surface area contributed by atoms with Gasteiger partial charge in [-0.15, -0.1) is 10.2 Å². The zero-order valence-electron chi connectivity index (χ0n) is 10.6. The Kier molecular flexibility index (Phi) is 3.45. The molecule has 0 atom stereocenters. The molecule has 0 aliphatic heterocycles. The number of aromatic amines is 1. The molecule has 0 radical (unpaired) electrons. The molecule has 2 N–H and O–H groups in total. The minimum Gasteiger partial charge on any atom is -0.360 e. The number of nitriles is 1. The van der Waals surface area contributed by atoms with Crippen molar-refractivity contribution < 1.29 is 0 Å². The highest BCUT2D eigenvalue weighted by Crippen LogP contribution is 2.24. The number of hydrogen-bond donors (Lipinski definition) is 2. The number of nitrogens with zero attached hydrogens (tertiary/aromatic N) is 5. The normalized spacial score (nSPS) is 11.3. The van der Waals surface area contributed by atoms with E-state index in [0.717, 1.165) is 16.5 Å². The van der Waals surface area contributed by atoms with Gasteiger partial charge in [-0.3, -0.25) is 0 Å². The fraction of sp³-hybridized carbons (Fsp3) is 0. The first-order chi connectivity index (χ1) is 10.3. The van der Waals surface area contributed by atoms with Crippen molar-refractivity contribution in [1.29, 1.82) is 5.26 Å². The molecule has 8 heteroatoms. The van der Waals surface area contributed by atoms with Crippen LogP contribution in [-0.4, -0.2) is 25.6 Å². The molecule has 2 aromatic heterocycles. The maximum absolute atomic E-state index is 9.08. The number of halogens is 1. The summed E-state index contributed by atoms with van der Waals surface area (Å²) in [5.74, 6) is 0.234. The Morgan fingerprint density at radius 1 is 1.38 bits per heavy atom. The van der Waals surface area contributed by atoms with Gasteiger partial charge in [0, 0.05) is 23.5 Å². The second-order valence-corrected chi connectivity index (χ2v) is 4.45. The second-order valence-electron chi connectivity index (χ2n) is 4.09. The van der Waals surface area contributed by atoms with Gasteiger partial charge in [0.15, 0.2) is 0 Å². The number of anilines is 1. The van der Waals surface area contributed by atoms with E-state index in [1.165, 1.54) is 6.20 Å². The van der Waals surface area contributed by atoms with Gasteiger partial charge in [-0.05, 0) is 34.9 Å². The lowest BCUT2D eigenvalue weighted by Gasteiger charge is -2.04. The molecule has 0 unspecified atom stereocenters. The Balaban J connectivity index is 1.90. The number of hydrogen-bond acceptors (Lipinski definition) is 6. The number of fused-ring (bicyclic) bond motifs is 1. The van der Waals surface area contributed by atoms with Crippen molar-refractivity contribution in [2.24, 2.45) is 0 Å². The van der Waals surface area contributed by atoms with Gasteiger partial charge in [0.25, 0.3) is 0 Å². The quantitative estimate of drug-likeness (QED) is 0.568. The van der Waals surface area contributed by atoms with Crippen LogP contribution >= 0.6 is 11.6 Å². The molecular formula is C13H8ClN7. The number of allylic oxidation sites excluding steroid dienone is 1. The van der Waals surface area contributed by atoms with Crippen LogP contribution in [0.3, 0.4) is 0 Å². The number of nitrogens with one attached hydrogen (secondary N) is 2. The molecular weight excluding hydrogens is 290 g/mol. The summed E-state index contributed by atoms with van der Waals surface area (Å²) >= 11 is 6.01. The van der Waals surface area contributed by atoms with Crippen molar-refractivity contribution in [2.45, 2.75) is 0 Å². The molecule has 0 saturated carbocycles. The second kappa shape index (κ2) is 5.56. The minimum atomic E-state index is 0.234. The fourth-order valence-corrected chi connectivity index (χ4v) is 2.04. The van der Waals surface area contributed by atoms with E-state index < -0.39 is 0 Å². The van der Waals surface area contributed by atoms with E-state index in [9.17, 15) is 0 Å². The van der Waals surface area contributed by atoms with Gasteiger partial charge in [0.2, 0.25) is 5.82 Å². The first kappa shape index (κ1) is 13.0. The van der Waals surface area contributed by atoms with Gasteiger partial charge in [-0.2, -0.15) is 10.5 Å². The maximum Gasteiger partial charge on any atom is 0.216 e. The summed E-state index contributed by atoms with van der Waals surface area (Å²) in [5, 5.41) is 27.6. The molecule has 102 valence electrons. The van der Waals surface area contributed by atoms with E-state index in [4.69, 9.17) is 16.9 Å². The Morgan fingerprint density at radius 3 is 3.05 bits per heavy atom. The highest BCUT2D eigenvalue weighted by Gasteiger charge is 2.05. The lowest BCUT2D eigenvalue weighted by atomic mass is 10.1. The third kappa shape index (κ3) is 2.66. The van der Waals surface area contributed by atoms with E-state index >= 15 is 0 Å². The summed E-state index contributed by atoms with van der Waals surface area (Å²) in [6.07, 6.45) is 3.17. The molecule has 21 heavy (non-hydrogen) atoms. The van der Waals surface area contributed by atoms with Crippen molar-refractivity contribution in [2.75, 3.05) is 5.32 Å². The third-order valence-electron chi connectivity index (χ3n) is 2.81. The number of aromatic nitrogens is 5. The van der Waals surface area contributed by atoms with E-state index in [2.05, 4.69) is 30.9 Å². The molecule has 2 heterocycles. The van der Waals surface area contributed by atoms with E-state index in [0.29, 0.717) is 5.15 Å². The van der Waals surface area contributed by atoms with Crippen molar-refractivity contribution in [3.63, 3.8) is 0 Å². The Morgan fingerprint density at radius 2 is 2.29 bits per heavy atom. The summed E-state index contributed by atoms with van der Waals surface area (Å²) in [7, 11) is 0. The molecule has 0 spiro atoms. The molecule has 0 bridgehead atoms. The zero-order chi connectivity index (χ0) is 14.7. The van der Waals surface area contributed by atoms with Gasteiger partial charge in [0.05, 0.1) is 0 Å². The largest absolute Gasteiger partial charge is 0.360 e. The summed E-state index contributed by atoms with van der Waals surface area (Å²) < 4.78 is 0. The van der Waals surface area contributed by atoms with Gasteiger partial charge >= 0.3 is 0 Å². The first-order valence-corrected chi connectivity index (χ1v) is 6.30. The maximum atomic E-state index is 9.08. The van der Waals surface area contributed by atoms with Gasteiger partial charge in [0.1, 0.15) is 16.8 Å². The predicted octanol–water partition coefficient (Wildman–Crippen LogP) is 2.38. The Labute approximate surface area is 124 Å². The van der Waals surface area contributed by atoms with E-state index in [-0.39, 0.29) is 11.4 Å². The fourth-order valence-electron chi connectivity index (χ4n) is 1.81. The third-order valence-corrected chi connectivity index (χ3v) is 3.11. The van der Waals surface area contributed by atoms with E-state index in [1.54, 1.807) is 6.20 Å². The smallest absolute Gasteiger partial charge is 0.216 e. The molecule has 0 amide bonds. The number of pyridine rings is 1. The van der Waals surface area contributed by atoms with Crippen molar-refractivity contribution in [1.82, 2.24) is 25.6 Å². The van der Waals surface area contributed by atoms with Crippen LogP contribution in [0.15, 0.2) is 36.7 Å². The van der Waals surface area contributed by atoms with Crippen molar-refractivity contribution >= 4 is 33.6 Å². The Bertz CT molecular complexity index is 849. The number of tetrazole rings is 1. The number of benzene rings is 1. The summed E-state index contributed by atoms with van der Waals surface area (Å²) in [6, 6.07) is 9.48. The standard InChI is InChI=1S/C13H8ClN7/c14-12-11-2-1-10(5-8(11)3-4-16-12)17-7-9(6-15)13-18-20-21-19-13/h1-5,7,17H,(H,18,19,20,21). The highest BCUT2D eigenvalue weighted by molar-refractivity contribution is 6.34. The molecule has 0 aliphatic carbocycles. The van der Waals surface area contributed by atoms with E-state index in [1.807, 2.05) is 30.3 Å². The molecule has 0 saturated heterocycles.